The monoisotopic (exact) mass is 315 g/mol. The van der Waals surface area contributed by atoms with Gasteiger partial charge in [0.2, 0.25) is 0 Å². The Morgan fingerprint density at radius 3 is 2.70 bits per heavy atom. The van der Waals surface area contributed by atoms with Crippen molar-refractivity contribution in [2.24, 2.45) is 0 Å². The largest absolute Gasteiger partial charge is 0.383 e. The molecule has 0 aliphatic heterocycles. The minimum atomic E-state index is -0.656. The van der Waals surface area contributed by atoms with Gasteiger partial charge in [0.25, 0.3) is 0 Å². The third kappa shape index (κ3) is 2.78. The summed E-state index contributed by atoms with van der Waals surface area (Å²) in [6.07, 6.45) is 3.46. The average Bonchev–Trinajstić information content (AvgIpc) is 3.15. The van der Waals surface area contributed by atoms with E-state index in [4.69, 9.17) is 10.6 Å². The summed E-state index contributed by atoms with van der Waals surface area (Å²) in [6, 6.07) is 7.27. The van der Waals surface area contributed by atoms with Crippen LogP contribution in [0, 0.1) is 5.82 Å². The highest BCUT2D eigenvalue weighted by atomic mass is 19.1. The van der Waals surface area contributed by atoms with Gasteiger partial charge in [0, 0.05) is 0 Å². The molecule has 7 nitrogen and oxygen atoms in total. The van der Waals surface area contributed by atoms with Crippen molar-refractivity contribution in [3.05, 3.63) is 59.8 Å². The highest BCUT2D eigenvalue weighted by molar-refractivity contribution is 5.96. The summed E-state index contributed by atoms with van der Waals surface area (Å²) in [5.74, 6) is -0.893. The van der Waals surface area contributed by atoms with Crippen molar-refractivity contribution >= 4 is 11.8 Å². The van der Waals surface area contributed by atoms with Crippen LogP contribution in [0.25, 0.3) is 5.69 Å². The molecule has 1 aromatic carbocycles. The molecule has 0 radical (unpaired) electrons. The maximum absolute atomic E-state index is 13.0. The Morgan fingerprint density at radius 2 is 2.09 bits per heavy atom. The van der Waals surface area contributed by atoms with Crippen molar-refractivity contribution < 1.29 is 14.0 Å². The van der Waals surface area contributed by atoms with Gasteiger partial charge >= 0.3 is 5.97 Å². The highest BCUT2D eigenvalue weighted by Gasteiger charge is 2.24. The van der Waals surface area contributed by atoms with E-state index in [0.717, 1.165) is 4.85 Å². The number of aromatic nitrogens is 4. The number of hydrogen-bond donors (Lipinski definition) is 1. The third-order valence-corrected chi connectivity index (χ3v) is 3.26. The smallest absolute Gasteiger partial charge is 0.371 e. The van der Waals surface area contributed by atoms with E-state index in [9.17, 15) is 9.18 Å². The number of carbonyl (C=O) groups excluding carboxylic acids is 1. The van der Waals surface area contributed by atoms with Crippen molar-refractivity contribution in [2.75, 3.05) is 5.73 Å². The van der Waals surface area contributed by atoms with Crippen LogP contribution < -0.4 is 10.6 Å². The number of benzene rings is 1. The first kappa shape index (κ1) is 14.8. The Morgan fingerprint density at radius 1 is 1.35 bits per heavy atom. The molecular formula is C15H14FN5O2. The zero-order valence-corrected chi connectivity index (χ0v) is 12.3. The van der Waals surface area contributed by atoms with Crippen LogP contribution in [0.1, 0.15) is 23.0 Å². The van der Waals surface area contributed by atoms with Gasteiger partial charge in [-0.05, 0) is 36.8 Å². The zero-order chi connectivity index (χ0) is 16.4. The van der Waals surface area contributed by atoms with Crippen LogP contribution in [0.5, 0.6) is 0 Å². The fourth-order valence-electron chi connectivity index (χ4n) is 2.17. The fraction of sp³-hybridized carbons (Fsp3) is 0.133. The van der Waals surface area contributed by atoms with Gasteiger partial charge in [-0.1, -0.05) is 11.8 Å². The molecule has 2 heterocycles. The van der Waals surface area contributed by atoms with E-state index in [2.05, 4.69) is 10.2 Å². The molecule has 2 N–H and O–H groups in total. The molecule has 118 valence electrons. The van der Waals surface area contributed by atoms with Crippen molar-refractivity contribution in [1.82, 2.24) is 19.7 Å². The molecule has 2 aromatic heterocycles. The van der Waals surface area contributed by atoms with Gasteiger partial charge in [-0.2, -0.15) is 5.10 Å². The van der Waals surface area contributed by atoms with Gasteiger partial charge in [-0.15, -0.1) is 5.10 Å². The van der Waals surface area contributed by atoms with Crippen LogP contribution >= 0.6 is 0 Å². The second kappa shape index (κ2) is 5.91. The molecule has 23 heavy (non-hydrogen) atoms. The Bertz CT molecular complexity index is 824. The predicted octanol–water partition coefficient (Wildman–Crippen LogP) is 1.62. The molecule has 0 saturated carbocycles. The Labute approximate surface area is 131 Å². The van der Waals surface area contributed by atoms with Crippen LogP contribution in [0.4, 0.5) is 10.2 Å². The summed E-state index contributed by atoms with van der Waals surface area (Å²) in [4.78, 5) is 18.5. The van der Waals surface area contributed by atoms with Crippen molar-refractivity contribution in [2.45, 2.75) is 13.3 Å². The average molecular weight is 315 g/mol. The number of nitrogens with two attached hydrogens (primary N) is 1. The second-order valence-electron chi connectivity index (χ2n) is 4.74. The fourth-order valence-corrected chi connectivity index (χ4v) is 2.17. The number of aryl methyl sites for hydroxylation is 1. The SMILES string of the molecule is CCc1nn(-c2ccc(F)cc2)c(N)c1C(=O)On1cccn1. The van der Waals surface area contributed by atoms with E-state index in [1.807, 2.05) is 6.92 Å². The molecule has 0 spiro atoms. The lowest BCUT2D eigenvalue weighted by atomic mass is 10.2. The number of anilines is 1. The van der Waals surface area contributed by atoms with Gasteiger partial charge in [-0.3, -0.25) is 0 Å². The number of carbonyl (C=O) groups is 1. The quantitative estimate of drug-likeness (QED) is 0.790. The molecule has 8 heteroatoms. The first-order valence-corrected chi connectivity index (χ1v) is 6.95. The number of halogens is 1. The van der Waals surface area contributed by atoms with E-state index in [1.165, 1.54) is 41.3 Å². The van der Waals surface area contributed by atoms with Crippen molar-refractivity contribution in [3.63, 3.8) is 0 Å². The molecule has 0 fully saturated rings. The van der Waals surface area contributed by atoms with E-state index < -0.39 is 5.97 Å². The van der Waals surface area contributed by atoms with Crippen LogP contribution in [0.2, 0.25) is 0 Å². The molecule has 3 aromatic rings. The number of rotatable bonds is 4. The van der Waals surface area contributed by atoms with E-state index in [1.54, 1.807) is 6.07 Å². The minimum Gasteiger partial charge on any atom is -0.383 e. The maximum Gasteiger partial charge on any atom is 0.371 e. The first-order valence-electron chi connectivity index (χ1n) is 6.95. The van der Waals surface area contributed by atoms with E-state index in [0.29, 0.717) is 17.8 Å². The number of nitrogen functional groups attached to an aromatic ring is 1. The summed E-state index contributed by atoms with van der Waals surface area (Å²) in [6.45, 7) is 1.85. The zero-order valence-electron chi connectivity index (χ0n) is 12.3. The normalized spacial score (nSPS) is 10.7. The lowest BCUT2D eigenvalue weighted by Crippen LogP contribution is -2.22. The molecule has 0 bridgehead atoms. The van der Waals surface area contributed by atoms with Gasteiger partial charge in [0.1, 0.15) is 17.2 Å². The molecular weight excluding hydrogens is 301 g/mol. The molecule has 0 atom stereocenters. The molecule has 0 aliphatic carbocycles. The van der Waals surface area contributed by atoms with Gasteiger partial charge in [0.15, 0.2) is 0 Å². The summed E-state index contributed by atoms with van der Waals surface area (Å²) in [7, 11) is 0. The maximum atomic E-state index is 13.0. The van der Waals surface area contributed by atoms with Gasteiger partial charge < -0.3 is 10.6 Å². The van der Waals surface area contributed by atoms with Crippen molar-refractivity contribution in [1.29, 1.82) is 0 Å². The Hall–Kier alpha value is -3.16. The van der Waals surface area contributed by atoms with Crippen molar-refractivity contribution in [3.8, 4) is 5.69 Å². The molecule has 3 rings (SSSR count). The van der Waals surface area contributed by atoms with Crippen LogP contribution in [0.3, 0.4) is 0 Å². The third-order valence-electron chi connectivity index (χ3n) is 3.26. The summed E-state index contributed by atoms with van der Waals surface area (Å²) >= 11 is 0. The van der Waals surface area contributed by atoms with E-state index >= 15 is 0 Å². The molecule has 0 unspecified atom stereocenters. The second-order valence-corrected chi connectivity index (χ2v) is 4.74. The minimum absolute atomic E-state index is 0.130. The Balaban J connectivity index is 2.00. The molecule has 0 amide bonds. The summed E-state index contributed by atoms with van der Waals surface area (Å²) in [5, 5.41) is 8.12. The topological polar surface area (TPSA) is 88.0 Å². The lowest BCUT2D eigenvalue weighted by molar-refractivity contribution is 0.0394. The van der Waals surface area contributed by atoms with Gasteiger partial charge in [-0.25, -0.2) is 13.9 Å². The van der Waals surface area contributed by atoms with Gasteiger partial charge in [0.05, 0.1) is 23.8 Å². The standard InChI is InChI=1S/C15H14FN5O2/c1-2-12-13(15(22)23-20-9-3-8-18-20)14(17)21(19-12)11-6-4-10(16)5-7-11/h3-9H,2,17H2,1H3. The molecule has 0 saturated heterocycles. The Kier molecular flexibility index (Phi) is 3.80. The molecule has 0 aliphatic rings. The van der Waals surface area contributed by atoms with Crippen LogP contribution in [0.15, 0.2) is 42.7 Å². The predicted molar refractivity (Wildman–Crippen MR) is 80.4 cm³/mol. The number of nitrogens with zero attached hydrogens (tertiary/aromatic N) is 4. The summed E-state index contributed by atoms with van der Waals surface area (Å²) in [5.41, 5.74) is 7.27. The number of hydrogen-bond acceptors (Lipinski definition) is 5. The highest BCUT2D eigenvalue weighted by Crippen LogP contribution is 2.22. The van der Waals surface area contributed by atoms with Crippen LogP contribution in [-0.4, -0.2) is 25.7 Å². The lowest BCUT2D eigenvalue weighted by Gasteiger charge is -2.05. The van der Waals surface area contributed by atoms with Crippen LogP contribution in [-0.2, 0) is 6.42 Å². The first-order chi connectivity index (χ1) is 11.1. The summed E-state index contributed by atoms with van der Waals surface area (Å²) < 4.78 is 14.4. The van der Waals surface area contributed by atoms with E-state index in [-0.39, 0.29) is 17.2 Å².